The van der Waals surface area contributed by atoms with Crippen molar-refractivity contribution >= 4 is 0 Å². The van der Waals surface area contributed by atoms with Gasteiger partial charge >= 0.3 is 0 Å². The Morgan fingerprint density at radius 3 is 2.47 bits per heavy atom. The molecule has 0 radical (unpaired) electrons. The third-order valence-corrected chi connectivity index (χ3v) is 6.38. The molecular formula is C26H28N5O+. The second-order valence-electron chi connectivity index (χ2n) is 8.31. The van der Waals surface area contributed by atoms with Crippen LogP contribution >= 0.6 is 0 Å². The minimum atomic E-state index is 0.0556. The van der Waals surface area contributed by atoms with E-state index in [0.29, 0.717) is 0 Å². The first-order valence-electron chi connectivity index (χ1n) is 11.2. The second-order valence-corrected chi connectivity index (χ2v) is 8.31. The van der Waals surface area contributed by atoms with Gasteiger partial charge in [-0.3, -0.25) is 0 Å². The highest BCUT2D eigenvalue weighted by atomic mass is 16.5. The van der Waals surface area contributed by atoms with E-state index in [2.05, 4.69) is 76.2 Å². The van der Waals surface area contributed by atoms with Crippen molar-refractivity contribution in [2.45, 2.75) is 32.0 Å². The first-order valence-corrected chi connectivity index (χ1v) is 11.2. The van der Waals surface area contributed by atoms with E-state index < -0.39 is 0 Å². The van der Waals surface area contributed by atoms with E-state index in [1.807, 2.05) is 22.9 Å². The summed E-state index contributed by atoms with van der Waals surface area (Å²) in [6, 6.07) is 27.7. The summed E-state index contributed by atoms with van der Waals surface area (Å²) in [7, 11) is 1.70. The number of tetrazole rings is 1. The summed E-state index contributed by atoms with van der Waals surface area (Å²) in [6.45, 7) is 2.75. The van der Waals surface area contributed by atoms with Crippen molar-refractivity contribution in [1.29, 1.82) is 0 Å². The number of fused-ring (bicyclic) bond motifs is 1. The summed E-state index contributed by atoms with van der Waals surface area (Å²) in [4.78, 5) is 1.46. The number of hydrogen-bond donors (Lipinski definition) is 1. The van der Waals surface area contributed by atoms with E-state index in [1.165, 1.54) is 27.2 Å². The fourth-order valence-electron chi connectivity index (χ4n) is 4.67. The fourth-order valence-corrected chi connectivity index (χ4v) is 4.67. The Labute approximate surface area is 188 Å². The van der Waals surface area contributed by atoms with Gasteiger partial charge in [-0.05, 0) is 52.2 Å². The Morgan fingerprint density at radius 2 is 1.69 bits per heavy atom. The van der Waals surface area contributed by atoms with Gasteiger partial charge in [0, 0.05) is 24.1 Å². The Hall–Kier alpha value is -3.51. The van der Waals surface area contributed by atoms with Gasteiger partial charge in [-0.25, -0.2) is 4.68 Å². The zero-order valence-electron chi connectivity index (χ0n) is 18.3. The number of rotatable bonds is 7. The van der Waals surface area contributed by atoms with Crippen LogP contribution < -0.4 is 9.64 Å². The topological polar surface area (TPSA) is 57.3 Å². The summed E-state index contributed by atoms with van der Waals surface area (Å²) in [6.07, 6.45) is 1.95. The molecule has 1 aliphatic rings. The molecule has 0 spiro atoms. The average Bonchev–Trinajstić information content (AvgIpc) is 3.32. The molecular weight excluding hydrogens is 398 g/mol. The van der Waals surface area contributed by atoms with E-state index in [-0.39, 0.29) is 6.04 Å². The lowest BCUT2D eigenvalue weighted by molar-refractivity contribution is -0.941. The Morgan fingerprint density at radius 1 is 0.938 bits per heavy atom. The Balaban J connectivity index is 1.47. The monoisotopic (exact) mass is 426 g/mol. The van der Waals surface area contributed by atoms with Crippen LogP contribution in [-0.4, -0.2) is 33.9 Å². The highest BCUT2D eigenvalue weighted by molar-refractivity contribution is 5.32. The van der Waals surface area contributed by atoms with Gasteiger partial charge in [-0.15, -0.1) is 5.10 Å². The standard InChI is InChI=1S/C26H27N5O/c1-32-24-13-11-22(12-14-24)25(30-17-16-21-9-5-6-10-23(21)19-30)26-27-28-29-31(26)18-15-20-7-3-2-4-8-20/h2-14,25H,15-19H2,1H3/p+1/t25-/m1/s1. The average molecular weight is 427 g/mol. The predicted octanol–water partition coefficient (Wildman–Crippen LogP) is 2.66. The van der Waals surface area contributed by atoms with Crippen LogP contribution in [0.3, 0.4) is 0 Å². The summed E-state index contributed by atoms with van der Waals surface area (Å²) >= 11 is 0. The predicted molar refractivity (Wildman–Crippen MR) is 122 cm³/mol. The molecule has 0 amide bonds. The molecule has 6 heteroatoms. The van der Waals surface area contributed by atoms with Crippen molar-refractivity contribution < 1.29 is 9.64 Å². The summed E-state index contributed by atoms with van der Waals surface area (Å²) in [5, 5.41) is 13.0. The highest BCUT2D eigenvalue weighted by Gasteiger charge is 2.34. The number of aryl methyl sites for hydroxylation is 2. The molecule has 0 fully saturated rings. The molecule has 1 unspecified atom stereocenters. The molecule has 0 aliphatic carbocycles. The van der Waals surface area contributed by atoms with Crippen LogP contribution in [0.4, 0.5) is 0 Å². The number of ether oxygens (including phenoxy) is 1. The molecule has 4 aromatic rings. The molecule has 1 aromatic heterocycles. The minimum absolute atomic E-state index is 0.0556. The number of quaternary nitrogens is 1. The molecule has 0 saturated carbocycles. The maximum Gasteiger partial charge on any atom is 0.214 e. The maximum atomic E-state index is 5.39. The molecule has 2 heterocycles. The van der Waals surface area contributed by atoms with E-state index in [0.717, 1.165) is 44.0 Å². The van der Waals surface area contributed by atoms with Gasteiger partial charge in [0.1, 0.15) is 12.3 Å². The van der Waals surface area contributed by atoms with Gasteiger partial charge < -0.3 is 9.64 Å². The maximum absolute atomic E-state index is 5.39. The molecule has 1 aliphatic heterocycles. The first kappa shape index (κ1) is 20.4. The number of benzene rings is 3. The normalized spacial score (nSPS) is 16.3. The third-order valence-electron chi connectivity index (χ3n) is 6.38. The van der Waals surface area contributed by atoms with Crippen LogP contribution in [0.1, 0.15) is 34.1 Å². The van der Waals surface area contributed by atoms with Gasteiger partial charge in [-0.2, -0.15) is 0 Å². The molecule has 0 saturated heterocycles. The summed E-state index contributed by atoms with van der Waals surface area (Å²) in [5.74, 6) is 1.77. The molecule has 2 atom stereocenters. The van der Waals surface area contributed by atoms with Crippen LogP contribution in [0.2, 0.25) is 0 Å². The number of nitrogens with one attached hydrogen (secondary N) is 1. The molecule has 162 valence electrons. The van der Waals surface area contributed by atoms with Gasteiger partial charge in [0.05, 0.1) is 13.7 Å². The van der Waals surface area contributed by atoms with E-state index in [9.17, 15) is 0 Å². The molecule has 6 nitrogen and oxygen atoms in total. The van der Waals surface area contributed by atoms with Gasteiger partial charge in [0.25, 0.3) is 0 Å². The van der Waals surface area contributed by atoms with E-state index >= 15 is 0 Å². The summed E-state index contributed by atoms with van der Waals surface area (Å²) < 4.78 is 7.37. The highest BCUT2D eigenvalue weighted by Crippen LogP contribution is 2.22. The number of nitrogens with zero attached hydrogens (tertiary/aromatic N) is 4. The van der Waals surface area contributed by atoms with Crippen molar-refractivity contribution in [2.24, 2.45) is 0 Å². The van der Waals surface area contributed by atoms with Crippen LogP contribution in [0.25, 0.3) is 0 Å². The first-order chi connectivity index (χ1) is 15.8. The lowest BCUT2D eigenvalue weighted by Crippen LogP contribution is -3.12. The van der Waals surface area contributed by atoms with Crippen molar-refractivity contribution in [3.05, 3.63) is 107 Å². The van der Waals surface area contributed by atoms with Gasteiger partial charge in [0.15, 0.2) is 6.04 Å². The lowest BCUT2D eigenvalue weighted by atomic mass is 9.96. The zero-order valence-corrected chi connectivity index (χ0v) is 18.3. The third kappa shape index (κ3) is 4.27. The van der Waals surface area contributed by atoms with Crippen molar-refractivity contribution in [2.75, 3.05) is 13.7 Å². The van der Waals surface area contributed by atoms with Crippen molar-refractivity contribution in [3.63, 3.8) is 0 Å². The SMILES string of the molecule is COc1ccc([C@H](c2nnnn2CCc2ccccc2)[NH+]2CCc3ccccc3C2)cc1. The largest absolute Gasteiger partial charge is 0.497 e. The number of methoxy groups -OCH3 is 1. The molecule has 0 bridgehead atoms. The van der Waals surface area contributed by atoms with Crippen LogP contribution in [0, 0.1) is 0 Å². The van der Waals surface area contributed by atoms with Crippen LogP contribution in [0.5, 0.6) is 5.75 Å². The molecule has 1 N–H and O–H groups in total. The summed E-state index contributed by atoms with van der Waals surface area (Å²) in [5.41, 5.74) is 5.36. The Bertz CT molecular complexity index is 1160. The van der Waals surface area contributed by atoms with Crippen LogP contribution in [0.15, 0.2) is 78.9 Å². The molecule has 3 aromatic carbocycles. The smallest absolute Gasteiger partial charge is 0.214 e. The van der Waals surface area contributed by atoms with Crippen molar-refractivity contribution in [3.8, 4) is 5.75 Å². The minimum Gasteiger partial charge on any atom is -0.497 e. The lowest BCUT2D eigenvalue weighted by Gasteiger charge is -2.32. The molecule has 32 heavy (non-hydrogen) atoms. The van der Waals surface area contributed by atoms with Crippen molar-refractivity contribution in [1.82, 2.24) is 20.2 Å². The fraction of sp³-hybridized carbons (Fsp3) is 0.269. The zero-order chi connectivity index (χ0) is 21.8. The quantitative estimate of drug-likeness (QED) is 0.494. The van der Waals surface area contributed by atoms with Gasteiger partial charge in [0.2, 0.25) is 5.82 Å². The van der Waals surface area contributed by atoms with Crippen LogP contribution in [-0.2, 0) is 25.9 Å². The van der Waals surface area contributed by atoms with E-state index in [1.54, 1.807) is 7.11 Å². The number of aromatic nitrogens is 4. The second kappa shape index (κ2) is 9.32. The van der Waals surface area contributed by atoms with E-state index in [4.69, 9.17) is 4.74 Å². The van der Waals surface area contributed by atoms with Gasteiger partial charge in [-0.1, -0.05) is 54.6 Å². The molecule has 5 rings (SSSR count). The number of hydrogen-bond acceptors (Lipinski definition) is 4. The Kier molecular flexibility index (Phi) is 5.94.